The van der Waals surface area contributed by atoms with Crippen LogP contribution in [0.4, 0.5) is 19.0 Å². The third-order valence-corrected chi connectivity index (χ3v) is 6.54. The molecule has 6 nitrogen and oxygen atoms in total. The van der Waals surface area contributed by atoms with E-state index in [4.69, 9.17) is 4.74 Å². The molecule has 33 heavy (non-hydrogen) atoms. The fraction of sp³-hybridized carbons (Fsp3) is 0.542. The van der Waals surface area contributed by atoms with Crippen LogP contribution in [0.25, 0.3) is 0 Å². The van der Waals surface area contributed by atoms with Crippen LogP contribution in [0, 0.1) is 11.2 Å². The number of hydrogen-bond donors (Lipinski definition) is 1. The van der Waals surface area contributed by atoms with Gasteiger partial charge in [0.1, 0.15) is 6.33 Å². The van der Waals surface area contributed by atoms with Crippen molar-refractivity contribution in [3.05, 3.63) is 53.2 Å². The SMILES string of the molecule is CC(F)(F)c1ccc(CN(c2ncnc(CC3(CC(=O)O)CCOCC3)c2F)C2CC2)cc1. The summed E-state index contributed by atoms with van der Waals surface area (Å²) in [5, 5.41) is 9.41. The van der Waals surface area contributed by atoms with Crippen molar-refractivity contribution in [1.82, 2.24) is 9.97 Å². The lowest BCUT2D eigenvalue weighted by Gasteiger charge is -2.36. The van der Waals surface area contributed by atoms with Crippen molar-refractivity contribution in [3.63, 3.8) is 0 Å². The van der Waals surface area contributed by atoms with Crippen LogP contribution >= 0.6 is 0 Å². The molecule has 0 radical (unpaired) electrons. The molecule has 1 saturated heterocycles. The van der Waals surface area contributed by atoms with Crippen LogP contribution in [-0.2, 0) is 28.4 Å². The van der Waals surface area contributed by atoms with Crippen molar-refractivity contribution in [2.75, 3.05) is 18.1 Å². The van der Waals surface area contributed by atoms with E-state index < -0.39 is 23.1 Å². The van der Waals surface area contributed by atoms with Crippen molar-refractivity contribution in [3.8, 4) is 0 Å². The summed E-state index contributed by atoms with van der Waals surface area (Å²) in [5.41, 5.74) is 0.304. The first-order chi connectivity index (χ1) is 15.7. The predicted octanol–water partition coefficient (Wildman–Crippen LogP) is 4.71. The van der Waals surface area contributed by atoms with Gasteiger partial charge >= 0.3 is 5.97 Å². The zero-order valence-corrected chi connectivity index (χ0v) is 18.6. The van der Waals surface area contributed by atoms with Gasteiger partial charge in [-0.25, -0.2) is 23.1 Å². The van der Waals surface area contributed by atoms with Gasteiger partial charge in [0.25, 0.3) is 5.92 Å². The van der Waals surface area contributed by atoms with E-state index in [2.05, 4.69) is 9.97 Å². The van der Waals surface area contributed by atoms with Gasteiger partial charge in [0.15, 0.2) is 11.6 Å². The summed E-state index contributed by atoms with van der Waals surface area (Å²) in [5.74, 6) is -4.21. The van der Waals surface area contributed by atoms with Crippen molar-refractivity contribution in [2.45, 2.75) is 64.0 Å². The average molecular weight is 464 g/mol. The fourth-order valence-electron chi connectivity index (χ4n) is 4.48. The lowest BCUT2D eigenvalue weighted by molar-refractivity contribution is -0.141. The van der Waals surface area contributed by atoms with Crippen LogP contribution < -0.4 is 4.90 Å². The second-order valence-electron chi connectivity index (χ2n) is 9.26. The number of nitrogens with zero attached hydrogens (tertiary/aromatic N) is 3. The quantitative estimate of drug-likeness (QED) is 0.581. The van der Waals surface area contributed by atoms with Crippen molar-refractivity contribution < 1.29 is 27.8 Å². The second kappa shape index (κ2) is 9.29. The number of anilines is 1. The molecule has 0 bridgehead atoms. The van der Waals surface area contributed by atoms with Gasteiger partial charge in [-0.15, -0.1) is 0 Å². The highest BCUT2D eigenvalue weighted by atomic mass is 19.3. The smallest absolute Gasteiger partial charge is 0.303 e. The summed E-state index contributed by atoms with van der Waals surface area (Å²) >= 11 is 0. The molecule has 1 aromatic heterocycles. The summed E-state index contributed by atoms with van der Waals surface area (Å²) in [6, 6.07) is 6.16. The van der Waals surface area contributed by atoms with Gasteiger partial charge in [0, 0.05) is 38.3 Å². The number of hydrogen-bond acceptors (Lipinski definition) is 5. The molecule has 1 N–H and O–H groups in total. The standard InChI is InChI=1S/C24H28F3N3O3/c1-23(26,27)17-4-2-16(3-5-17)14-30(18-6-7-18)22-21(25)19(28-15-29-22)12-24(13-20(31)32)8-10-33-11-9-24/h2-5,15,18H,6-14H2,1H3,(H,31,32). The molecule has 4 rings (SSSR count). The highest BCUT2D eigenvalue weighted by Gasteiger charge is 2.38. The molecule has 0 spiro atoms. The maximum absolute atomic E-state index is 15.7. The van der Waals surface area contributed by atoms with Gasteiger partial charge < -0.3 is 14.7 Å². The number of benzene rings is 1. The fourth-order valence-corrected chi connectivity index (χ4v) is 4.48. The number of halogens is 3. The third kappa shape index (κ3) is 5.63. The largest absolute Gasteiger partial charge is 0.481 e. The molecule has 0 atom stereocenters. The minimum absolute atomic E-state index is 0.0695. The molecule has 1 aromatic carbocycles. The minimum Gasteiger partial charge on any atom is -0.481 e. The first kappa shape index (κ1) is 23.5. The van der Waals surface area contributed by atoms with Crippen molar-refractivity contribution in [2.24, 2.45) is 5.41 Å². The molecule has 1 aliphatic carbocycles. The number of carboxylic acid groups (broad SMARTS) is 1. The van der Waals surface area contributed by atoms with E-state index in [9.17, 15) is 18.7 Å². The summed E-state index contributed by atoms with van der Waals surface area (Å²) < 4.78 is 48.1. The Hall–Kier alpha value is -2.68. The Kier molecular flexibility index (Phi) is 6.61. The maximum atomic E-state index is 15.7. The lowest BCUT2D eigenvalue weighted by Crippen LogP contribution is -2.35. The van der Waals surface area contributed by atoms with E-state index in [1.807, 2.05) is 4.90 Å². The Bertz CT molecular complexity index is 985. The molecule has 178 valence electrons. The van der Waals surface area contributed by atoms with Crippen molar-refractivity contribution >= 4 is 11.8 Å². The van der Waals surface area contributed by atoms with Crippen LogP contribution in [0.1, 0.15) is 55.8 Å². The number of aliphatic carboxylic acids is 1. The van der Waals surface area contributed by atoms with Gasteiger partial charge in [0.2, 0.25) is 0 Å². The van der Waals surface area contributed by atoms with Crippen LogP contribution in [0.5, 0.6) is 0 Å². The molecule has 2 fully saturated rings. The normalized spacial score (nSPS) is 18.2. The van der Waals surface area contributed by atoms with E-state index in [0.717, 1.165) is 25.3 Å². The molecule has 2 aromatic rings. The Morgan fingerprint density at radius 2 is 1.88 bits per heavy atom. The first-order valence-electron chi connectivity index (χ1n) is 11.2. The van der Waals surface area contributed by atoms with E-state index >= 15 is 4.39 Å². The van der Waals surface area contributed by atoms with E-state index in [1.165, 1.54) is 18.5 Å². The Labute approximate surface area is 190 Å². The first-order valence-corrected chi connectivity index (χ1v) is 11.2. The van der Waals surface area contributed by atoms with Crippen LogP contribution in [-0.4, -0.2) is 40.3 Å². The van der Waals surface area contributed by atoms with Gasteiger partial charge in [0.05, 0.1) is 12.1 Å². The highest BCUT2D eigenvalue weighted by molar-refractivity contribution is 5.67. The van der Waals surface area contributed by atoms with Gasteiger partial charge in [-0.3, -0.25) is 4.79 Å². The zero-order chi connectivity index (χ0) is 23.6. The second-order valence-corrected chi connectivity index (χ2v) is 9.26. The van der Waals surface area contributed by atoms with Crippen LogP contribution in [0.15, 0.2) is 30.6 Å². The van der Waals surface area contributed by atoms with Crippen LogP contribution in [0.2, 0.25) is 0 Å². The summed E-state index contributed by atoms with van der Waals surface area (Å²) in [6.07, 6.45) is 4.28. The van der Waals surface area contributed by atoms with Crippen LogP contribution in [0.3, 0.4) is 0 Å². The summed E-state index contributed by atoms with van der Waals surface area (Å²) in [6.45, 7) is 2.06. The van der Waals surface area contributed by atoms with Gasteiger partial charge in [-0.05, 0) is 43.1 Å². The minimum atomic E-state index is -2.92. The van der Waals surface area contributed by atoms with E-state index in [0.29, 0.717) is 32.6 Å². The monoisotopic (exact) mass is 463 g/mol. The molecular weight excluding hydrogens is 435 g/mol. The molecule has 1 saturated carbocycles. The van der Waals surface area contributed by atoms with E-state index in [1.54, 1.807) is 12.1 Å². The number of rotatable bonds is 9. The predicted molar refractivity (Wildman–Crippen MR) is 116 cm³/mol. The third-order valence-electron chi connectivity index (χ3n) is 6.54. The number of carbonyl (C=O) groups is 1. The van der Waals surface area contributed by atoms with Gasteiger partial charge in [-0.2, -0.15) is 0 Å². The lowest BCUT2D eigenvalue weighted by atomic mass is 9.73. The highest BCUT2D eigenvalue weighted by Crippen LogP contribution is 2.40. The average Bonchev–Trinajstić information content (AvgIpc) is 3.59. The topological polar surface area (TPSA) is 75.6 Å². The number of alkyl halides is 2. The Morgan fingerprint density at radius 3 is 2.45 bits per heavy atom. The molecule has 2 heterocycles. The summed E-state index contributed by atoms with van der Waals surface area (Å²) in [7, 11) is 0. The Balaban J connectivity index is 1.58. The molecular formula is C24H28F3N3O3. The molecule has 0 unspecified atom stereocenters. The number of aromatic nitrogens is 2. The molecule has 9 heteroatoms. The van der Waals surface area contributed by atoms with E-state index in [-0.39, 0.29) is 36.0 Å². The molecule has 1 aliphatic heterocycles. The van der Waals surface area contributed by atoms with Gasteiger partial charge in [-0.1, -0.05) is 24.3 Å². The molecule has 0 amide bonds. The Morgan fingerprint density at radius 1 is 1.21 bits per heavy atom. The van der Waals surface area contributed by atoms with Crippen molar-refractivity contribution in [1.29, 1.82) is 0 Å². The molecule has 2 aliphatic rings. The summed E-state index contributed by atoms with van der Waals surface area (Å²) in [4.78, 5) is 21.7. The number of ether oxygens (including phenoxy) is 1. The maximum Gasteiger partial charge on any atom is 0.303 e. The number of carboxylic acids is 1. The zero-order valence-electron chi connectivity index (χ0n) is 18.6.